The largest absolute Gasteiger partial charge is 0.471 e. The van der Waals surface area contributed by atoms with E-state index in [1.807, 2.05) is 60.7 Å². The third kappa shape index (κ3) is 9.13. The summed E-state index contributed by atoms with van der Waals surface area (Å²) < 4.78 is 51.7. The van der Waals surface area contributed by atoms with Crippen LogP contribution in [0.25, 0.3) is 0 Å². The second kappa shape index (κ2) is 15.3. The Morgan fingerprint density at radius 3 is 2.23 bits per heavy atom. The SMILES string of the molecule is CC(=O)Nc1ccc(SCC2CC(c3ccc(CO)cc3)OC(c3ccc(CNC(=O)C4CCCN4C(=O)C(F)(F)F)cc3)O2)cc1. The first-order valence-electron chi connectivity index (χ1n) is 15.3. The van der Waals surface area contributed by atoms with Crippen molar-refractivity contribution in [1.82, 2.24) is 10.2 Å². The van der Waals surface area contributed by atoms with Gasteiger partial charge in [-0.15, -0.1) is 11.8 Å². The number of likely N-dealkylation sites (tertiary alicyclic amines) is 1. The van der Waals surface area contributed by atoms with E-state index in [0.717, 1.165) is 32.8 Å². The number of nitrogens with one attached hydrogen (secondary N) is 2. The van der Waals surface area contributed by atoms with E-state index in [0.29, 0.717) is 23.5 Å². The number of aliphatic hydroxyl groups excluding tert-OH is 1. The third-order valence-electron chi connectivity index (χ3n) is 8.00. The van der Waals surface area contributed by atoms with Crippen LogP contribution < -0.4 is 10.6 Å². The van der Waals surface area contributed by atoms with Gasteiger partial charge in [-0.2, -0.15) is 13.2 Å². The molecule has 13 heteroatoms. The average Bonchev–Trinajstić information content (AvgIpc) is 3.56. The van der Waals surface area contributed by atoms with Crippen LogP contribution in [-0.2, 0) is 37.0 Å². The molecule has 2 heterocycles. The molecule has 0 aromatic heterocycles. The summed E-state index contributed by atoms with van der Waals surface area (Å²) in [5, 5.41) is 14.9. The zero-order chi connectivity index (χ0) is 33.6. The van der Waals surface area contributed by atoms with Crippen LogP contribution in [0.3, 0.4) is 0 Å². The fourth-order valence-corrected chi connectivity index (χ4v) is 6.52. The molecule has 9 nitrogen and oxygen atoms in total. The van der Waals surface area contributed by atoms with E-state index in [-0.39, 0.29) is 44.2 Å². The Hall–Kier alpha value is -3.91. The lowest BCUT2D eigenvalue weighted by Crippen LogP contribution is -2.50. The first-order valence-corrected chi connectivity index (χ1v) is 16.2. The van der Waals surface area contributed by atoms with Gasteiger partial charge in [0.05, 0.1) is 18.8 Å². The summed E-state index contributed by atoms with van der Waals surface area (Å²) in [6.07, 6.45) is -5.07. The number of rotatable bonds is 10. The van der Waals surface area contributed by atoms with Crippen molar-refractivity contribution >= 4 is 35.2 Å². The number of thioether (sulfide) groups is 1. The molecule has 3 aromatic rings. The number of hydrogen-bond acceptors (Lipinski definition) is 7. The molecular formula is C34H36F3N3O6S. The minimum Gasteiger partial charge on any atom is -0.392 e. The molecule has 0 spiro atoms. The lowest BCUT2D eigenvalue weighted by Gasteiger charge is -2.36. The zero-order valence-corrected chi connectivity index (χ0v) is 26.5. The molecule has 250 valence electrons. The molecule has 2 fully saturated rings. The van der Waals surface area contributed by atoms with Crippen LogP contribution in [0.4, 0.5) is 18.9 Å². The van der Waals surface area contributed by atoms with E-state index in [2.05, 4.69) is 10.6 Å². The molecule has 47 heavy (non-hydrogen) atoms. The van der Waals surface area contributed by atoms with E-state index in [1.54, 1.807) is 23.9 Å². The van der Waals surface area contributed by atoms with Gasteiger partial charge in [-0.3, -0.25) is 14.4 Å². The van der Waals surface area contributed by atoms with E-state index in [1.165, 1.54) is 6.92 Å². The summed E-state index contributed by atoms with van der Waals surface area (Å²) in [4.78, 5) is 37.4. The molecule has 0 bridgehead atoms. The van der Waals surface area contributed by atoms with Crippen LogP contribution in [0.5, 0.6) is 0 Å². The molecule has 3 amide bonds. The van der Waals surface area contributed by atoms with Crippen molar-refractivity contribution in [3.8, 4) is 0 Å². The Balaban J connectivity index is 1.23. The molecule has 2 aliphatic rings. The van der Waals surface area contributed by atoms with Gasteiger partial charge in [-0.25, -0.2) is 0 Å². The van der Waals surface area contributed by atoms with Crippen molar-refractivity contribution in [3.05, 3.63) is 95.1 Å². The van der Waals surface area contributed by atoms with Gasteiger partial charge in [0.1, 0.15) is 6.04 Å². The monoisotopic (exact) mass is 671 g/mol. The number of alkyl halides is 3. The maximum atomic E-state index is 13.0. The fourth-order valence-electron chi connectivity index (χ4n) is 5.59. The summed E-state index contributed by atoms with van der Waals surface area (Å²) in [5.41, 5.74) is 3.94. The normalized spacial score (nSPS) is 21.3. The van der Waals surface area contributed by atoms with E-state index >= 15 is 0 Å². The Morgan fingerprint density at radius 2 is 1.60 bits per heavy atom. The average molecular weight is 672 g/mol. The number of benzene rings is 3. The van der Waals surface area contributed by atoms with Crippen LogP contribution in [0.1, 0.15) is 60.8 Å². The topological polar surface area (TPSA) is 117 Å². The van der Waals surface area contributed by atoms with Crippen molar-refractivity contribution in [1.29, 1.82) is 0 Å². The number of anilines is 1. The first kappa shape index (κ1) is 34.4. The lowest BCUT2D eigenvalue weighted by atomic mass is 10.0. The van der Waals surface area contributed by atoms with Gasteiger partial charge in [0.15, 0.2) is 6.29 Å². The first-order chi connectivity index (χ1) is 22.5. The van der Waals surface area contributed by atoms with Crippen LogP contribution in [-0.4, -0.2) is 58.3 Å². The minimum atomic E-state index is -5.03. The zero-order valence-electron chi connectivity index (χ0n) is 25.7. The highest BCUT2D eigenvalue weighted by atomic mass is 32.2. The standard InChI is InChI=1S/C34H36F3N3O6S/c1-21(42)39-26-12-14-28(15-13-26)47-20-27-17-30(24-8-6-23(19-41)7-9-24)46-32(45-27)25-10-4-22(5-11-25)18-38-31(43)29-3-2-16-40(29)33(44)34(35,36)37/h4-15,27,29-30,32,41H,2-3,16-20H2,1H3,(H,38,43)(H,39,42). The molecule has 3 N–H and O–H groups in total. The minimum absolute atomic E-state index is 0.0606. The van der Waals surface area contributed by atoms with Crippen molar-refractivity contribution < 1.29 is 42.1 Å². The molecule has 0 radical (unpaired) electrons. The highest BCUT2D eigenvalue weighted by Crippen LogP contribution is 2.39. The van der Waals surface area contributed by atoms with E-state index in [9.17, 15) is 32.7 Å². The van der Waals surface area contributed by atoms with Gasteiger partial charge in [0, 0.05) is 48.3 Å². The lowest BCUT2D eigenvalue weighted by molar-refractivity contribution is -0.245. The van der Waals surface area contributed by atoms with Crippen LogP contribution >= 0.6 is 11.8 Å². The highest BCUT2D eigenvalue weighted by Gasteiger charge is 2.47. The molecule has 5 rings (SSSR count). The number of aliphatic hydroxyl groups is 1. The number of nitrogens with zero attached hydrogens (tertiary/aromatic N) is 1. The molecule has 4 unspecified atom stereocenters. The quantitative estimate of drug-likeness (QED) is 0.239. The predicted octanol–water partition coefficient (Wildman–Crippen LogP) is 5.64. The molecule has 2 aliphatic heterocycles. The van der Waals surface area contributed by atoms with Gasteiger partial charge in [-0.1, -0.05) is 48.5 Å². The molecule has 4 atom stereocenters. The van der Waals surface area contributed by atoms with Crippen molar-refractivity contribution in [2.45, 2.75) is 74.9 Å². The van der Waals surface area contributed by atoms with Gasteiger partial charge >= 0.3 is 12.1 Å². The molecule has 0 aliphatic carbocycles. The third-order valence-corrected chi connectivity index (χ3v) is 9.15. The predicted molar refractivity (Wildman–Crippen MR) is 169 cm³/mol. The molecule has 3 aromatic carbocycles. The van der Waals surface area contributed by atoms with E-state index < -0.39 is 30.3 Å². The smallest absolute Gasteiger partial charge is 0.392 e. The highest BCUT2D eigenvalue weighted by molar-refractivity contribution is 7.99. The van der Waals surface area contributed by atoms with Gasteiger partial charge in [0.2, 0.25) is 11.8 Å². The van der Waals surface area contributed by atoms with Crippen LogP contribution in [0, 0.1) is 0 Å². The Bertz CT molecular complexity index is 1540. The molecule has 0 saturated carbocycles. The summed E-state index contributed by atoms with van der Waals surface area (Å²) >= 11 is 1.63. The van der Waals surface area contributed by atoms with Crippen molar-refractivity contribution in [3.63, 3.8) is 0 Å². The van der Waals surface area contributed by atoms with Gasteiger partial charge in [-0.05, 0) is 53.8 Å². The maximum absolute atomic E-state index is 13.0. The Kier molecular flexibility index (Phi) is 11.2. The summed E-state index contributed by atoms with van der Waals surface area (Å²) in [6, 6.07) is 21.2. The van der Waals surface area contributed by atoms with Crippen molar-refractivity contribution in [2.75, 3.05) is 17.6 Å². The molecule has 2 saturated heterocycles. The summed E-state index contributed by atoms with van der Waals surface area (Å²) in [5.74, 6) is -2.11. The summed E-state index contributed by atoms with van der Waals surface area (Å²) in [7, 11) is 0. The number of carbonyl (C=O) groups excluding carboxylic acids is 3. The van der Waals surface area contributed by atoms with Crippen LogP contribution in [0.15, 0.2) is 77.7 Å². The number of halogens is 3. The van der Waals surface area contributed by atoms with Crippen LogP contribution in [0.2, 0.25) is 0 Å². The maximum Gasteiger partial charge on any atom is 0.471 e. The van der Waals surface area contributed by atoms with Gasteiger partial charge in [0.25, 0.3) is 0 Å². The van der Waals surface area contributed by atoms with E-state index in [4.69, 9.17) is 9.47 Å². The van der Waals surface area contributed by atoms with Crippen molar-refractivity contribution in [2.24, 2.45) is 0 Å². The number of carbonyl (C=O) groups is 3. The Labute approximate surface area is 274 Å². The molecular weight excluding hydrogens is 635 g/mol. The van der Waals surface area contributed by atoms with Gasteiger partial charge < -0.3 is 30.1 Å². The number of ether oxygens (including phenoxy) is 2. The fraction of sp³-hybridized carbons (Fsp3) is 0.382. The second-order valence-corrected chi connectivity index (χ2v) is 12.6. The number of amides is 3. The summed E-state index contributed by atoms with van der Waals surface area (Å²) in [6.45, 7) is 1.37. The Morgan fingerprint density at radius 1 is 0.936 bits per heavy atom. The number of hydrogen-bond donors (Lipinski definition) is 3. The second-order valence-electron chi connectivity index (χ2n) is 11.5.